The summed E-state index contributed by atoms with van der Waals surface area (Å²) in [6.07, 6.45) is 0.994. The molecule has 0 unspecified atom stereocenters. The number of likely N-dealkylation sites (N-methyl/N-ethyl adjacent to an activating group) is 1. The van der Waals surface area contributed by atoms with Crippen molar-refractivity contribution in [1.82, 2.24) is 20.0 Å². The van der Waals surface area contributed by atoms with Crippen LogP contribution in [0.5, 0.6) is 0 Å². The van der Waals surface area contributed by atoms with E-state index in [1.165, 1.54) is 0 Å². The van der Waals surface area contributed by atoms with Crippen LogP contribution in [0.1, 0.15) is 24.6 Å². The van der Waals surface area contributed by atoms with Gasteiger partial charge in [0.1, 0.15) is 5.15 Å². The highest BCUT2D eigenvalue weighted by atomic mass is 35.5. The van der Waals surface area contributed by atoms with Gasteiger partial charge < -0.3 is 5.32 Å². The minimum absolute atomic E-state index is 0.0149. The van der Waals surface area contributed by atoms with Crippen LogP contribution >= 0.6 is 11.6 Å². The second-order valence-electron chi connectivity index (χ2n) is 4.36. The molecule has 0 bridgehead atoms. The van der Waals surface area contributed by atoms with E-state index in [2.05, 4.69) is 22.2 Å². The number of halogens is 1. The molecule has 1 aromatic rings. The van der Waals surface area contributed by atoms with Crippen molar-refractivity contribution in [2.75, 3.05) is 20.1 Å². The third-order valence-electron chi connectivity index (χ3n) is 2.84. The Bertz CT molecular complexity index is 416. The molecule has 1 heterocycles. The number of carbonyl (C=O) groups excluding carboxylic acids is 1. The largest absolute Gasteiger partial charge is 0.358 e. The fourth-order valence-corrected chi connectivity index (χ4v) is 2.12. The molecule has 0 fully saturated rings. The Kier molecular flexibility index (Phi) is 5.62. The Morgan fingerprint density at radius 1 is 1.56 bits per heavy atom. The van der Waals surface area contributed by atoms with E-state index in [9.17, 15) is 4.79 Å². The fraction of sp³-hybridized carbons (Fsp3) is 0.667. The molecule has 0 saturated heterocycles. The van der Waals surface area contributed by atoms with Crippen LogP contribution in [0, 0.1) is 6.92 Å². The predicted octanol–water partition coefficient (Wildman–Crippen LogP) is 1.34. The van der Waals surface area contributed by atoms with Gasteiger partial charge in [-0.2, -0.15) is 5.10 Å². The first kappa shape index (κ1) is 15.0. The fourth-order valence-electron chi connectivity index (χ4n) is 1.89. The first-order chi connectivity index (χ1) is 8.49. The third kappa shape index (κ3) is 3.71. The van der Waals surface area contributed by atoms with E-state index in [0.717, 1.165) is 24.2 Å². The van der Waals surface area contributed by atoms with Crippen LogP contribution in [0.3, 0.4) is 0 Å². The van der Waals surface area contributed by atoms with Crippen molar-refractivity contribution in [3.8, 4) is 0 Å². The number of aromatic nitrogens is 2. The van der Waals surface area contributed by atoms with Crippen molar-refractivity contribution in [3.05, 3.63) is 16.4 Å². The molecule has 0 aliphatic rings. The maximum Gasteiger partial charge on any atom is 0.233 e. The lowest BCUT2D eigenvalue weighted by Crippen LogP contribution is -2.35. The molecule has 0 atom stereocenters. The topological polar surface area (TPSA) is 50.2 Å². The first-order valence-electron chi connectivity index (χ1n) is 6.10. The van der Waals surface area contributed by atoms with Crippen molar-refractivity contribution >= 4 is 17.5 Å². The van der Waals surface area contributed by atoms with Gasteiger partial charge in [0, 0.05) is 26.2 Å². The number of amides is 1. The van der Waals surface area contributed by atoms with Crippen molar-refractivity contribution in [3.63, 3.8) is 0 Å². The average molecular weight is 273 g/mol. The van der Waals surface area contributed by atoms with Crippen LogP contribution < -0.4 is 5.32 Å². The molecule has 6 heteroatoms. The molecule has 1 N–H and O–H groups in total. The Morgan fingerprint density at radius 2 is 2.22 bits per heavy atom. The number of carbonyl (C=O) groups is 1. The van der Waals surface area contributed by atoms with Gasteiger partial charge in [-0.15, -0.1) is 0 Å². The molecule has 0 aliphatic heterocycles. The summed E-state index contributed by atoms with van der Waals surface area (Å²) in [5.74, 6) is 0.0149. The Labute approximate surface area is 113 Å². The van der Waals surface area contributed by atoms with E-state index in [-0.39, 0.29) is 5.91 Å². The molecule has 0 spiro atoms. The zero-order chi connectivity index (χ0) is 13.7. The van der Waals surface area contributed by atoms with Crippen LogP contribution in [-0.2, 0) is 18.4 Å². The van der Waals surface area contributed by atoms with Gasteiger partial charge in [-0.05, 0) is 19.9 Å². The van der Waals surface area contributed by atoms with Crippen molar-refractivity contribution < 1.29 is 4.79 Å². The Balaban J connectivity index is 2.79. The molecule has 5 nitrogen and oxygen atoms in total. The van der Waals surface area contributed by atoms with E-state index in [1.54, 1.807) is 11.7 Å². The minimum atomic E-state index is 0.0149. The van der Waals surface area contributed by atoms with Gasteiger partial charge >= 0.3 is 0 Å². The summed E-state index contributed by atoms with van der Waals surface area (Å²) in [6.45, 7) is 5.92. The molecule has 0 aliphatic carbocycles. The zero-order valence-corrected chi connectivity index (χ0v) is 12.2. The van der Waals surface area contributed by atoms with Crippen molar-refractivity contribution in [2.45, 2.75) is 26.8 Å². The normalized spacial score (nSPS) is 11.0. The van der Waals surface area contributed by atoms with Gasteiger partial charge in [0.2, 0.25) is 5.91 Å². The number of nitrogens with zero attached hydrogens (tertiary/aromatic N) is 3. The Hall–Kier alpha value is -1.07. The average Bonchev–Trinajstić information content (AvgIpc) is 2.56. The van der Waals surface area contributed by atoms with Crippen LogP contribution in [0.15, 0.2) is 0 Å². The summed E-state index contributed by atoms with van der Waals surface area (Å²) in [4.78, 5) is 13.5. The number of nitrogens with one attached hydrogen (secondary N) is 1. The lowest BCUT2D eigenvalue weighted by atomic mass is 10.2. The summed E-state index contributed by atoms with van der Waals surface area (Å²) in [7, 11) is 3.47. The van der Waals surface area contributed by atoms with E-state index < -0.39 is 0 Å². The standard InChI is InChI=1S/C12H21ClN4O/c1-5-6-17(8-11(18)14-3)7-10-9(2)15-16(4)12(10)13/h5-8H2,1-4H3,(H,14,18). The highest BCUT2D eigenvalue weighted by molar-refractivity contribution is 6.30. The summed E-state index contributed by atoms with van der Waals surface area (Å²) in [5, 5.41) is 7.56. The quantitative estimate of drug-likeness (QED) is 0.850. The minimum Gasteiger partial charge on any atom is -0.358 e. The van der Waals surface area contributed by atoms with E-state index >= 15 is 0 Å². The van der Waals surface area contributed by atoms with Gasteiger partial charge in [0.05, 0.1) is 12.2 Å². The molecule has 18 heavy (non-hydrogen) atoms. The molecular formula is C12H21ClN4O. The third-order valence-corrected chi connectivity index (χ3v) is 3.31. The van der Waals surface area contributed by atoms with Crippen LogP contribution in [0.25, 0.3) is 0 Å². The van der Waals surface area contributed by atoms with Gasteiger partial charge in [-0.1, -0.05) is 18.5 Å². The van der Waals surface area contributed by atoms with Crippen LogP contribution in [0.4, 0.5) is 0 Å². The molecule has 0 radical (unpaired) electrons. The van der Waals surface area contributed by atoms with Crippen molar-refractivity contribution in [1.29, 1.82) is 0 Å². The number of hydrogen-bond acceptors (Lipinski definition) is 3. The van der Waals surface area contributed by atoms with Crippen LogP contribution in [-0.4, -0.2) is 40.7 Å². The summed E-state index contributed by atoms with van der Waals surface area (Å²) >= 11 is 6.20. The summed E-state index contributed by atoms with van der Waals surface area (Å²) in [5.41, 5.74) is 1.91. The monoisotopic (exact) mass is 272 g/mol. The van der Waals surface area contributed by atoms with Crippen LogP contribution in [0.2, 0.25) is 5.15 Å². The lowest BCUT2D eigenvalue weighted by Gasteiger charge is -2.20. The zero-order valence-electron chi connectivity index (χ0n) is 11.5. The van der Waals surface area contributed by atoms with E-state index in [4.69, 9.17) is 11.6 Å². The lowest BCUT2D eigenvalue weighted by molar-refractivity contribution is -0.121. The number of hydrogen-bond donors (Lipinski definition) is 1. The summed E-state index contributed by atoms with van der Waals surface area (Å²) < 4.78 is 1.66. The van der Waals surface area contributed by atoms with Gasteiger partial charge in [-0.3, -0.25) is 14.4 Å². The Morgan fingerprint density at radius 3 is 2.67 bits per heavy atom. The van der Waals surface area contributed by atoms with Gasteiger partial charge in [0.25, 0.3) is 0 Å². The molecule has 1 amide bonds. The van der Waals surface area contributed by atoms with E-state index in [1.807, 2.05) is 14.0 Å². The second-order valence-corrected chi connectivity index (χ2v) is 4.72. The van der Waals surface area contributed by atoms with Gasteiger partial charge in [0.15, 0.2) is 0 Å². The first-order valence-corrected chi connectivity index (χ1v) is 6.48. The highest BCUT2D eigenvalue weighted by Crippen LogP contribution is 2.20. The number of aryl methyl sites for hydroxylation is 2. The van der Waals surface area contributed by atoms with E-state index in [0.29, 0.717) is 18.2 Å². The summed E-state index contributed by atoms with van der Waals surface area (Å²) in [6, 6.07) is 0. The SMILES string of the molecule is CCCN(CC(=O)NC)Cc1c(C)nn(C)c1Cl. The van der Waals surface area contributed by atoms with Gasteiger partial charge in [-0.25, -0.2) is 0 Å². The molecule has 1 aromatic heterocycles. The molecule has 0 aromatic carbocycles. The predicted molar refractivity (Wildman–Crippen MR) is 72.6 cm³/mol. The van der Waals surface area contributed by atoms with Crippen molar-refractivity contribution in [2.24, 2.45) is 7.05 Å². The molecule has 102 valence electrons. The maximum absolute atomic E-state index is 11.5. The smallest absolute Gasteiger partial charge is 0.233 e. The molecular weight excluding hydrogens is 252 g/mol. The highest BCUT2D eigenvalue weighted by Gasteiger charge is 2.16. The number of rotatable bonds is 6. The second kappa shape index (κ2) is 6.75. The molecule has 0 saturated carbocycles. The maximum atomic E-state index is 11.5. The molecule has 1 rings (SSSR count).